The molecule has 0 aliphatic rings. The first kappa shape index (κ1) is 19.6. The summed E-state index contributed by atoms with van der Waals surface area (Å²) in [5.74, 6) is -2.75. The van der Waals surface area contributed by atoms with E-state index in [1.807, 2.05) is 30.3 Å². The van der Waals surface area contributed by atoms with Crippen LogP contribution in [0.2, 0.25) is 0 Å². The first-order valence-electron chi connectivity index (χ1n) is 8.82. The first-order chi connectivity index (χ1) is 13.5. The molecule has 28 heavy (non-hydrogen) atoms. The van der Waals surface area contributed by atoms with Gasteiger partial charge in [-0.2, -0.15) is 0 Å². The summed E-state index contributed by atoms with van der Waals surface area (Å²) >= 11 is 0. The third kappa shape index (κ3) is 4.40. The van der Waals surface area contributed by atoms with E-state index < -0.39 is 23.1 Å². The van der Waals surface area contributed by atoms with Crippen molar-refractivity contribution >= 4 is 5.78 Å². The van der Waals surface area contributed by atoms with Crippen molar-refractivity contribution in [3.63, 3.8) is 0 Å². The molecule has 0 amide bonds. The van der Waals surface area contributed by atoms with Crippen LogP contribution in [0.5, 0.6) is 0 Å². The number of aliphatic hydroxyl groups is 1. The number of rotatable bonds is 7. The Labute approximate surface area is 160 Å². The van der Waals surface area contributed by atoms with Crippen molar-refractivity contribution in [3.8, 4) is 0 Å². The van der Waals surface area contributed by atoms with E-state index in [4.69, 9.17) is 0 Å². The second-order valence-corrected chi connectivity index (χ2v) is 6.52. The number of carbonyl (C=O) groups excluding carboxylic acids is 1. The zero-order chi connectivity index (χ0) is 20.1. The van der Waals surface area contributed by atoms with Crippen LogP contribution in [0, 0.1) is 11.6 Å². The summed E-state index contributed by atoms with van der Waals surface area (Å²) in [4.78, 5) is 25.4. The monoisotopic (exact) mass is 383 g/mol. The van der Waals surface area contributed by atoms with E-state index in [9.17, 15) is 23.5 Å². The molecule has 1 atom stereocenters. The van der Waals surface area contributed by atoms with E-state index in [2.05, 4.69) is 0 Å². The van der Waals surface area contributed by atoms with E-state index in [1.165, 1.54) is 22.9 Å². The van der Waals surface area contributed by atoms with Crippen LogP contribution >= 0.6 is 0 Å². The van der Waals surface area contributed by atoms with Crippen molar-refractivity contribution in [1.29, 1.82) is 0 Å². The van der Waals surface area contributed by atoms with Crippen molar-refractivity contribution in [2.75, 3.05) is 6.61 Å². The number of halogens is 2. The fourth-order valence-electron chi connectivity index (χ4n) is 3.06. The van der Waals surface area contributed by atoms with Gasteiger partial charge in [-0.3, -0.25) is 9.59 Å². The largest absolute Gasteiger partial charge is 0.396 e. The van der Waals surface area contributed by atoms with Gasteiger partial charge in [0.2, 0.25) is 0 Å². The van der Waals surface area contributed by atoms with Gasteiger partial charge in [0, 0.05) is 18.5 Å². The van der Waals surface area contributed by atoms with Crippen LogP contribution in [0.1, 0.15) is 33.8 Å². The number of carbonyl (C=O) groups is 1. The van der Waals surface area contributed by atoms with Crippen LogP contribution in [0.4, 0.5) is 8.78 Å². The molecule has 0 unspecified atom stereocenters. The van der Waals surface area contributed by atoms with E-state index in [1.54, 1.807) is 6.07 Å². The minimum Gasteiger partial charge on any atom is -0.396 e. The molecule has 0 fully saturated rings. The Bertz CT molecular complexity index is 1030. The number of aliphatic hydroxyl groups excluding tert-OH is 1. The number of pyridine rings is 1. The maximum atomic E-state index is 13.4. The average Bonchev–Trinajstić information content (AvgIpc) is 2.71. The summed E-state index contributed by atoms with van der Waals surface area (Å²) in [7, 11) is 0. The molecule has 1 heterocycles. The first-order valence-corrected chi connectivity index (χ1v) is 8.82. The Balaban J connectivity index is 1.82. The normalized spacial score (nSPS) is 12.0. The van der Waals surface area contributed by atoms with Crippen LogP contribution in [0.3, 0.4) is 0 Å². The van der Waals surface area contributed by atoms with Gasteiger partial charge in [-0.25, -0.2) is 8.78 Å². The number of Topliss-reactive ketones (excluding diaryl/α,β-unsaturated/α-hetero) is 1. The number of nitrogens with zero attached hydrogens (tertiary/aromatic N) is 1. The highest BCUT2D eigenvalue weighted by Gasteiger charge is 2.19. The zero-order valence-electron chi connectivity index (χ0n) is 15.0. The molecular weight excluding hydrogens is 364 g/mol. The van der Waals surface area contributed by atoms with Gasteiger partial charge in [0.25, 0.3) is 5.56 Å². The lowest BCUT2D eigenvalue weighted by Gasteiger charge is -2.14. The Kier molecular flexibility index (Phi) is 6.11. The molecule has 0 spiro atoms. The maximum absolute atomic E-state index is 13.4. The van der Waals surface area contributed by atoms with Gasteiger partial charge in [-0.05, 0) is 35.4 Å². The third-order valence-corrected chi connectivity index (χ3v) is 4.58. The summed E-state index contributed by atoms with van der Waals surface area (Å²) in [5, 5.41) is 9.64. The number of hydrogen-bond donors (Lipinski definition) is 1. The lowest BCUT2D eigenvalue weighted by atomic mass is 9.92. The number of hydrogen-bond acceptors (Lipinski definition) is 3. The number of ketones is 1. The second kappa shape index (κ2) is 8.71. The lowest BCUT2D eigenvalue weighted by Crippen LogP contribution is -2.27. The van der Waals surface area contributed by atoms with Crippen molar-refractivity contribution in [2.45, 2.75) is 18.9 Å². The Morgan fingerprint density at radius 1 is 1.00 bits per heavy atom. The van der Waals surface area contributed by atoms with Gasteiger partial charge in [-0.1, -0.05) is 36.4 Å². The highest BCUT2D eigenvalue weighted by atomic mass is 19.2. The molecule has 0 saturated carbocycles. The van der Waals surface area contributed by atoms with Crippen LogP contribution in [-0.2, 0) is 6.54 Å². The third-order valence-electron chi connectivity index (χ3n) is 4.58. The molecule has 0 aliphatic heterocycles. The van der Waals surface area contributed by atoms with Crippen LogP contribution in [0.25, 0.3) is 0 Å². The molecule has 6 heteroatoms. The van der Waals surface area contributed by atoms with E-state index in [-0.39, 0.29) is 30.9 Å². The summed E-state index contributed by atoms with van der Waals surface area (Å²) < 4.78 is 27.7. The fourth-order valence-corrected chi connectivity index (χ4v) is 3.06. The smallest absolute Gasteiger partial charge is 0.261 e. The predicted octanol–water partition coefficient (Wildman–Crippen LogP) is 3.52. The maximum Gasteiger partial charge on any atom is 0.261 e. The van der Waals surface area contributed by atoms with Crippen LogP contribution in [0.15, 0.2) is 71.7 Å². The molecule has 0 saturated heterocycles. The molecule has 144 valence electrons. The van der Waals surface area contributed by atoms with Crippen LogP contribution < -0.4 is 5.56 Å². The minimum absolute atomic E-state index is 0.000496. The van der Waals surface area contributed by atoms with Gasteiger partial charge in [-0.15, -0.1) is 0 Å². The molecule has 0 aliphatic carbocycles. The van der Waals surface area contributed by atoms with Crippen molar-refractivity contribution < 1.29 is 18.7 Å². The van der Waals surface area contributed by atoms with E-state index in [0.717, 1.165) is 17.7 Å². The second-order valence-electron chi connectivity index (χ2n) is 6.52. The highest BCUT2D eigenvalue weighted by Crippen LogP contribution is 2.20. The Morgan fingerprint density at radius 2 is 1.75 bits per heavy atom. The van der Waals surface area contributed by atoms with E-state index >= 15 is 0 Å². The predicted molar refractivity (Wildman–Crippen MR) is 101 cm³/mol. The van der Waals surface area contributed by atoms with Gasteiger partial charge in [0.05, 0.1) is 18.7 Å². The zero-order valence-corrected chi connectivity index (χ0v) is 15.0. The lowest BCUT2D eigenvalue weighted by molar-refractivity contribution is 0.0958. The molecular formula is C22H19F2NO3. The Morgan fingerprint density at radius 3 is 2.43 bits per heavy atom. The quantitative estimate of drug-likeness (QED) is 0.635. The summed E-state index contributed by atoms with van der Waals surface area (Å²) in [6, 6.07) is 15.5. The number of benzene rings is 2. The fraction of sp³-hybridized carbons (Fsp3) is 0.182. The molecule has 2 aromatic carbocycles. The molecule has 1 aromatic heterocycles. The van der Waals surface area contributed by atoms with E-state index in [0.29, 0.717) is 5.56 Å². The van der Waals surface area contributed by atoms with Gasteiger partial charge < -0.3 is 9.67 Å². The van der Waals surface area contributed by atoms with Gasteiger partial charge in [0.15, 0.2) is 17.4 Å². The molecule has 4 nitrogen and oxygen atoms in total. The van der Waals surface area contributed by atoms with Gasteiger partial charge in [0.1, 0.15) is 0 Å². The molecule has 0 radical (unpaired) electrons. The molecule has 1 N–H and O–H groups in total. The van der Waals surface area contributed by atoms with Crippen molar-refractivity contribution in [3.05, 3.63) is 106 Å². The molecule has 0 bridgehead atoms. The van der Waals surface area contributed by atoms with Crippen LogP contribution in [-0.4, -0.2) is 22.1 Å². The average molecular weight is 383 g/mol. The van der Waals surface area contributed by atoms with Gasteiger partial charge >= 0.3 is 0 Å². The Hall–Kier alpha value is -3.12. The highest BCUT2D eigenvalue weighted by molar-refractivity contribution is 5.96. The summed E-state index contributed by atoms with van der Waals surface area (Å²) in [6.07, 6.45) is 1.48. The standard InChI is InChI=1S/C22H19F2NO3/c23-19-9-8-15(11-20(19)24)13-25-10-4-7-18(22(25)28)21(27)12-17(14-26)16-5-2-1-3-6-16/h1-11,17,26H,12-14H2/t17-/m0/s1. The number of aromatic nitrogens is 1. The summed E-state index contributed by atoms with van der Waals surface area (Å²) in [6.45, 7) is -0.203. The SMILES string of the molecule is O=C(C[C@@H](CO)c1ccccc1)c1cccn(Cc2ccc(F)c(F)c2)c1=O. The topological polar surface area (TPSA) is 59.3 Å². The van der Waals surface area contributed by atoms with Crippen molar-refractivity contribution in [1.82, 2.24) is 4.57 Å². The minimum atomic E-state index is -0.994. The molecule has 3 rings (SSSR count). The van der Waals surface area contributed by atoms with Crippen molar-refractivity contribution in [2.24, 2.45) is 0 Å². The summed E-state index contributed by atoms with van der Waals surface area (Å²) in [5.41, 5.74) is 0.709. The molecule has 3 aromatic rings.